The second kappa shape index (κ2) is 7.32. The van der Waals surface area contributed by atoms with Gasteiger partial charge in [-0.3, -0.25) is 0 Å². The first-order valence-electron chi connectivity index (χ1n) is 8.20. The lowest BCUT2D eigenvalue weighted by Gasteiger charge is -2.37. The van der Waals surface area contributed by atoms with Crippen LogP contribution in [0.25, 0.3) is 10.2 Å². The topological polar surface area (TPSA) is 95.0 Å². The van der Waals surface area contributed by atoms with E-state index in [2.05, 4.69) is 9.72 Å². The van der Waals surface area contributed by atoms with E-state index in [-0.39, 0.29) is 29.0 Å². The number of hydrogen-bond donors (Lipinski definition) is 0. The van der Waals surface area contributed by atoms with Crippen molar-refractivity contribution in [2.24, 2.45) is 0 Å². The van der Waals surface area contributed by atoms with Crippen LogP contribution in [-0.4, -0.2) is 57.1 Å². The largest absolute Gasteiger partial charge is 0.494 e. The summed E-state index contributed by atoms with van der Waals surface area (Å²) in [5.41, 5.74) is 0.717. The van der Waals surface area contributed by atoms with E-state index < -0.39 is 16.0 Å². The molecule has 0 radical (unpaired) electrons. The third-order valence-electron chi connectivity index (χ3n) is 4.28. The highest BCUT2D eigenvalue weighted by Gasteiger charge is 2.40. The van der Waals surface area contributed by atoms with E-state index in [4.69, 9.17) is 9.47 Å². The van der Waals surface area contributed by atoms with Gasteiger partial charge in [0.15, 0.2) is 0 Å². The first kappa shape index (κ1) is 19.1. The number of carbonyl (C=O) groups is 1. The molecule has 0 saturated carbocycles. The van der Waals surface area contributed by atoms with Crippen LogP contribution in [0.15, 0.2) is 34.5 Å². The van der Waals surface area contributed by atoms with E-state index in [1.807, 2.05) is 18.2 Å². The molecular formula is C17H16N2O6S3. The number of para-hydroxylation sites is 1. The Balaban J connectivity index is 1.46. The maximum Gasteiger partial charge on any atom is 0.349 e. The van der Waals surface area contributed by atoms with Crippen molar-refractivity contribution >= 4 is 48.9 Å². The lowest BCUT2D eigenvalue weighted by molar-refractivity contribution is 0.0600. The number of thiophene rings is 1. The lowest BCUT2D eigenvalue weighted by Crippen LogP contribution is -2.56. The fourth-order valence-electron chi connectivity index (χ4n) is 2.81. The average Bonchev–Trinajstić information content (AvgIpc) is 3.30. The van der Waals surface area contributed by atoms with Crippen molar-refractivity contribution in [1.29, 1.82) is 0 Å². The first-order valence-corrected chi connectivity index (χ1v) is 11.3. The van der Waals surface area contributed by atoms with E-state index >= 15 is 0 Å². The number of thiazole rings is 1. The predicted molar refractivity (Wildman–Crippen MR) is 105 cm³/mol. The Labute approximate surface area is 169 Å². The summed E-state index contributed by atoms with van der Waals surface area (Å²) in [7, 11) is -0.978. The van der Waals surface area contributed by atoms with Crippen LogP contribution in [0.1, 0.15) is 9.67 Å². The molecule has 8 nitrogen and oxygen atoms in total. The number of ether oxygens (including phenoxy) is 3. The summed E-state index contributed by atoms with van der Waals surface area (Å²) in [6.07, 6.45) is -0.304. The Bertz CT molecular complexity index is 1130. The highest BCUT2D eigenvalue weighted by Crippen LogP contribution is 2.35. The number of nitrogens with zero attached hydrogens (tertiary/aromatic N) is 2. The van der Waals surface area contributed by atoms with Gasteiger partial charge < -0.3 is 14.2 Å². The van der Waals surface area contributed by atoms with Gasteiger partial charge in [-0.05, 0) is 23.6 Å². The van der Waals surface area contributed by atoms with E-state index in [1.165, 1.54) is 28.8 Å². The molecule has 0 N–H and O–H groups in total. The second-order valence-corrected chi connectivity index (χ2v) is 9.77. The molecule has 3 aromatic rings. The summed E-state index contributed by atoms with van der Waals surface area (Å²) in [5.74, 6) is -0.000433. The number of rotatable bonds is 6. The molecule has 1 saturated heterocycles. The van der Waals surface area contributed by atoms with Crippen molar-refractivity contribution in [1.82, 2.24) is 9.29 Å². The summed E-state index contributed by atoms with van der Waals surface area (Å²) >= 11 is 2.42. The molecule has 148 valence electrons. The first-order chi connectivity index (χ1) is 13.4. The van der Waals surface area contributed by atoms with Crippen molar-refractivity contribution in [2.45, 2.75) is 11.0 Å². The minimum Gasteiger partial charge on any atom is -0.494 e. The van der Waals surface area contributed by atoms with E-state index in [0.717, 1.165) is 21.6 Å². The molecule has 2 aromatic heterocycles. The highest BCUT2D eigenvalue weighted by atomic mass is 32.2. The molecule has 1 aliphatic rings. The molecule has 11 heteroatoms. The Kier molecular flexibility index (Phi) is 5.00. The number of hydrogen-bond acceptors (Lipinski definition) is 9. The normalized spacial score (nSPS) is 15.4. The maximum atomic E-state index is 12.8. The van der Waals surface area contributed by atoms with Crippen LogP contribution in [0.5, 0.6) is 10.9 Å². The number of sulfonamides is 1. The van der Waals surface area contributed by atoms with E-state index in [1.54, 1.807) is 12.5 Å². The number of methoxy groups -OCH3 is 2. The Hall–Kier alpha value is -2.21. The van der Waals surface area contributed by atoms with Crippen LogP contribution in [0.2, 0.25) is 0 Å². The van der Waals surface area contributed by atoms with Crippen molar-refractivity contribution < 1.29 is 27.4 Å². The smallest absolute Gasteiger partial charge is 0.349 e. The molecule has 1 aliphatic heterocycles. The fraction of sp³-hybridized carbons (Fsp3) is 0.294. The summed E-state index contributed by atoms with van der Waals surface area (Å²) in [6.45, 7) is 0.373. The summed E-state index contributed by atoms with van der Waals surface area (Å²) < 4.78 is 43.5. The van der Waals surface area contributed by atoms with Crippen molar-refractivity contribution in [3.05, 3.63) is 34.5 Å². The Morgan fingerprint density at radius 1 is 1.25 bits per heavy atom. The number of aromatic nitrogens is 1. The van der Waals surface area contributed by atoms with Crippen molar-refractivity contribution in [3.63, 3.8) is 0 Å². The Morgan fingerprint density at radius 3 is 2.75 bits per heavy atom. The van der Waals surface area contributed by atoms with Crippen LogP contribution >= 0.6 is 22.7 Å². The minimum absolute atomic E-state index is 0.0347. The molecule has 0 bridgehead atoms. The third-order valence-corrected chi connectivity index (χ3v) is 8.09. The van der Waals surface area contributed by atoms with Gasteiger partial charge in [-0.25, -0.2) is 13.2 Å². The minimum atomic E-state index is -3.78. The quantitative estimate of drug-likeness (QED) is 0.544. The molecule has 0 amide bonds. The standard InChI is InChI=1S/C17H16N2O6S3/c1-23-11-4-3-5-12-14(11)18-17(27-12)25-10-8-19(9-10)28(21,22)13-6-7-26-15(13)16(20)24-2/h3-7,10H,8-9H2,1-2H3. The van der Waals surface area contributed by atoms with Gasteiger partial charge >= 0.3 is 5.97 Å². The zero-order valence-electron chi connectivity index (χ0n) is 14.9. The summed E-state index contributed by atoms with van der Waals surface area (Å²) in [6, 6.07) is 7.04. The molecule has 0 spiro atoms. The maximum absolute atomic E-state index is 12.8. The number of benzene rings is 1. The fourth-order valence-corrected chi connectivity index (χ4v) is 6.52. The molecule has 0 aliphatic carbocycles. The van der Waals surface area contributed by atoms with Gasteiger partial charge in [0.25, 0.3) is 5.19 Å². The molecule has 0 atom stereocenters. The van der Waals surface area contributed by atoms with Crippen LogP contribution in [0.4, 0.5) is 0 Å². The molecule has 4 rings (SSSR count). The third kappa shape index (κ3) is 3.24. The Morgan fingerprint density at radius 2 is 2.04 bits per heavy atom. The van der Waals surface area contributed by atoms with E-state index in [0.29, 0.717) is 10.9 Å². The van der Waals surface area contributed by atoms with Gasteiger partial charge in [0.05, 0.1) is 32.0 Å². The van der Waals surface area contributed by atoms with Gasteiger partial charge in [0, 0.05) is 0 Å². The van der Waals surface area contributed by atoms with Gasteiger partial charge in [-0.2, -0.15) is 9.29 Å². The molecule has 1 fully saturated rings. The van der Waals surface area contributed by atoms with Gasteiger partial charge in [-0.15, -0.1) is 11.3 Å². The van der Waals surface area contributed by atoms with Crippen LogP contribution in [0.3, 0.4) is 0 Å². The molecule has 28 heavy (non-hydrogen) atoms. The highest BCUT2D eigenvalue weighted by molar-refractivity contribution is 7.89. The van der Waals surface area contributed by atoms with Crippen molar-refractivity contribution in [2.75, 3.05) is 27.3 Å². The predicted octanol–water partition coefficient (Wildman–Crippen LogP) is 2.60. The number of carbonyl (C=O) groups excluding carboxylic acids is 1. The van der Waals surface area contributed by atoms with Crippen LogP contribution < -0.4 is 9.47 Å². The zero-order valence-corrected chi connectivity index (χ0v) is 17.4. The van der Waals surface area contributed by atoms with Crippen LogP contribution in [0, 0.1) is 0 Å². The monoisotopic (exact) mass is 440 g/mol. The zero-order chi connectivity index (χ0) is 19.9. The van der Waals surface area contributed by atoms with E-state index in [9.17, 15) is 13.2 Å². The summed E-state index contributed by atoms with van der Waals surface area (Å²) in [5, 5.41) is 2.02. The average molecular weight is 441 g/mol. The molecule has 1 aromatic carbocycles. The molecule has 3 heterocycles. The summed E-state index contributed by atoms with van der Waals surface area (Å²) in [4.78, 5) is 16.3. The number of esters is 1. The van der Waals surface area contributed by atoms with Crippen LogP contribution in [-0.2, 0) is 14.8 Å². The van der Waals surface area contributed by atoms with Crippen molar-refractivity contribution in [3.8, 4) is 10.9 Å². The molecular weight excluding hydrogens is 424 g/mol. The van der Waals surface area contributed by atoms with Gasteiger partial charge in [-0.1, -0.05) is 17.4 Å². The van der Waals surface area contributed by atoms with Gasteiger partial charge in [0.1, 0.15) is 27.1 Å². The SMILES string of the molecule is COC(=O)c1sccc1S(=O)(=O)N1CC(Oc2nc3c(OC)cccc3s2)C1. The van der Waals surface area contributed by atoms with Gasteiger partial charge in [0.2, 0.25) is 10.0 Å². The second-order valence-electron chi connectivity index (χ2n) is 5.95. The lowest BCUT2D eigenvalue weighted by atomic mass is 10.2. The number of fused-ring (bicyclic) bond motifs is 1. The molecule has 0 unspecified atom stereocenters.